The van der Waals surface area contributed by atoms with Gasteiger partial charge in [-0.3, -0.25) is 9.59 Å². The molecule has 130 valence electrons. The van der Waals surface area contributed by atoms with Gasteiger partial charge in [-0.05, 0) is 50.1 Å². The van der Waals surface area contributed by atoms with Crippen molar-refractivity contribution in [1.29, 1.82) is 0 Å². The Kier molecular flexibility index (Phi) is 4.61. The Hall–Kier alpha value is -3.02. The van der Waals surface area contributed by atoms with Crippen LogP contribution in [0.25, 0.3) is 0 Å². The summed E-state index contributed by atoms with van der Waals surface area (Å²) in [6.45, 7) is 5.85. The predicted molar refractivity (Wildman–Crippen MR) is 93.7 cm³/mol. The van der Waals surface area contributed by atoms with E-state index in [9.17, 15) is 9.59 Å². The summed E-state index contributed by atoms with van der Waals surface area (Å²) >= 11 is 0. The van der Waals surface area contributed by atoms with Crippen molar-refractivity contribution in [2.75, 3.05) is 12.1 Å². The fourth-order valence-corrected chi connectivity index (χ4v) is 2.66. The molecule has 1 atom stereocenters. The molecular formula is C19H20N2O4. The van der Waals surface area contributed by atoms with Crippen molar-refractivity contribution in [2.24, 2.45) is 0 Å². The number of fused-ring (bicyclic) bond motifs is 1. The van der Waals surface area contributed by atoms with Gasteiger partial charge in [-0.25, -0.2) is 0 Å². The third kappa shape index (κ3) is 3.74. The molecule has 0 aliphatic carbocycles. The zero-order chi connectivity index (χ0) is 18.0. The van der Waals surface area contributed by atoms with Gasteiger partial charge in [0.2, 0.25) is 6.79 Å². The highest BCUT2D eigenvalue weighted by atomic mass is 16.7. The Labute approximate surface area is 146 Å². The van der Waals surface area contributed by atoms with Crippen LogP contribution in [0, 0.1) is 13.8 Å². The van der Waals surface area contributed by atoms with Gasteiger partial charge < -0.3 is 20.1 Å². The molecule has 1 heterocycles. The zero-order valence-electron chi connectivity index (χ0n) is 14.4. The minimum absolute atomic E-state index is 0.192. The van der Waals surface area contributed by atoms with Crippen LogP contribution in [-0.4, -0.2) is 18.6 Å². The average Bonchev–Trinajstić information content (AvgIpc) is 3.04. The number of hydrogen-bond donors (Lipinski definition) is 2. The highest BCUT2D eigenvalue weighted by Crippen LogP contribution is 2.34. The van der Waals surface area contributed by atoms with Crippen molar-refractivity contribution in [3.63, 3.8) is 0 Å². The van der Waals surface area contributed by atoms with Gasteiger partial charge in [0.25, 0.3) is 0 Å². The van der Waals surface area contributed by atoms with Gasteiger partial charge in [0.05, 0.1) is 6.04 Å². The first-order chi connectivity index (χ1) is 11.9. The molecule has 2 aromatic carbocycles. The summed E-state index contributed by atoms with van der Waals surface area (Å²) in [5.74, 6) is -0.0714. The second-order valence-electron chi connectivity index (χ2n) is 6.08. The van der Waals surface area contributed by atoms with Gasteiger partial charge in [-0.15, -0.1) is 0 Å². The van der Waals surface area contributed by atoms with Crippen LogP contribution >= 0.6 is 0 Å². The van der Waals surface area contributed by atoms with Gasteiger partial charge in [-0.2, -0.15) is 0 Å². The van der Waals surface area contributed by atoms with Crippen molar-refractivity contribution in [3.05, 3.63) is 53.1 Å². The molecule has 0 aromatic heterocycles. The number of carbonyl (C=O) groups is 2. The molecule has 0 spiro atoms. The molecule has 6 heteroatoms. The largest absolute Gasteiger partial charge is 0.454 e. The summed E-state index contributed by atoms with van der Waals surface area (Å²) < 4.78 is 10.6. The number of aryl methyl sites for hydroxylation is 2. The fraction of sp³-hybridized carbons (Fsp3) is 0.263. The monoisotopic (exact) mass is 340 g/mol. The lowest BCUT2D eigenvalue weighted by Crippen LogP contribution is -2.37. The minimum atomic E-state index is -0.695. The Bertz CT molecular complexity index is 832. The van der Waals surface area contributed by atoms with Crippen molar-refractivity contribution in [1.82, 2.24) is 5.32 Å². The van der Waals surface area contributed by atoms with Gasteiger partial charge in [0.1, 0.15) is 0 Å². The highest BCUT2D eigenvalue weighted by molar-refractivity contribution is 6.39. The third-order valence-corrected chi connectivity index (χ3v) is 4.08. The number of hydrogen-bond acceptors (Lipinski definition) is 4. The SMILES string of the molecule is Cc1ccc(NC(=O)C(=O)NC(C)c2ccc3c(c2)OCO3)c(C)c1. The number of ether oxygens (including phenoxy) is 2. The molecule has 0 saturated heterocycles. The maximum atomic E-state index is 12.2. The quantitative estimate of drug-likeness (QED) is 0.843. The zero-order valence-corrected chi connectivity index (χ0v) is 14.4. The normalized spacial score (nSPS) is 13.2. The van der Waals surface area contributed by atoms with Crippen molar-refractivity contribution < 1.29 is 19.1 Å². The molecule has 2 N–H and O–H groups in total. The second-order valence-corrected chi connectivity index (χ2v) is 6.08. The summed E-state index contributed by atoms with van der Waals surface area (Å²) in [5.41, 5.74) is 3.46. The number of amides is 2. The van der Waals surface area contributed by atoms with E-state index in [1.54, 1.807) is 25.1 Å². The van der Waals surface area contributed by atoms with E-state index in [0.717, 1.165) is 16.7 Å². The predicted octanol–water partition coefficient (Wildman–Crippen LogP) is 2.85. The lowest BCUT2D eigenvalue weighted by molar-refractivity contribution is -0.136. The molecule has 1 aliphatic rings. The molecule has 0 radical (unpaired) electrons. The molecule has 3 rings (SSSR count). The molecule has 1 aliphatic heterocycles. The first kappa shape index (κ1) is 16.8. The number of rotatable bonds is 3. The van der Waals surface area contributed by atoms with E-state index >= 15 is 0 Å². The van der Waals surface area contributed by atoms with Crippen LogP contribution in [0.5, 0.6) is 11.5 Å². The summed E-state index contributed by atoms with van der Waals surface area (Å²) in [6, 6.07) is 10.7. The molecule has 6 nitrogen and oxygen atoms in total. The van der Waals surface area contributed by atoms with E-state index < -0.39 is 11.8 Å². The van der Waals surface area contributed by atoms with E-state index in [4.69, 9.17) is 9.47 Å². The summed E-state index contributed by atoms with van der Waals surface area (Å²) in [7, 11) is 0. The number of anilines is 1. The second kappa shape index (κ2) is 6.84. The van der Waals surface area contributed by atoms with Crippen molar-refractivity contribution in [3.8, 4) is 11.5 Å². The Balaban J connectivity index is 1.63. The molecule has 25 heavy (non-hydrogen) atoms. The fourth-order valence-electron chi connectivity index (χ4n) is 2.66. The summed E-state index contributed by atoms with van der Waals surface area (Å²) in [6.07, 6.45) is 0. The Morgan fingerprint density at radius 3 is 2.52 bits per heavy atom. The molecule has 2 amide bonds. The minimum Gasteiger partial charge on any atom is -0.454 e. The molecule has 1 unspecified atom stereocenters. The summed E-state index contributed by atoms with van der Waals surface area (Å²) in [5, 5.41) is 5.33. The molecule has 2 aromatic rings. The first-order valence-corrected chi connectivity index (χ1v) is 8.02. The Morgan fingerprint density at radius 2 is 1.76 bits per heavy atom. The highest BCUT2D eigenvalue weighted by Gasteiger charge is 2.20. The molecule has 0 bridgehead atoms. The van der Waals surface area contributed by atoms with Crippen molar-refractivity contribution >= 4 is 17.5 Å². The van der Waals surface area contributed by atoms with Crippen LogP contribution in [0.4, 0.5) is 5.69 Å². The topological polar surface area (TPSA) is 76.7 Å². The van der Waals surface area contributed by atoms with Crippen LogP contribution in [0.1, 0.15) is 29.7 Å². The van der Waals surface area contributed by atoms with E-state index in [0.29, 0.717) is 17.2 Å². The van der Waals surface area contributed by atoms with Gasteiger partial charge >= 0.3 is 11.8 Å². The number of nitrogens with one attached hydrogen (secondary N) is 2. The average molecular weight is 340 g/mol. The van der Waals surface area contributed by atoms with Crippen LogP contribution < -0.4 is 20.1 Å². The third-order valence-electron chi connectivity index (χ3n) is 4.08. The lowest BCUT2D eigenvalue weighted by atomic mass is 10.1. The van der Waals surface area contributed by atoms with Gasteiger partial charge in [0.15, 0.2) is 11.5 Å². The maximum absolute atomic E-state index is 12.2. The van der Waals surface area contributed by atoms with Crippen LogP contribution in [0.15, 0.2) is 36.4 Å². The van der Waals surface area contributed by atoms with Crippen LogP contribution in [0.2, 0.25) is 0 Å². The van der Waals surface area contributed by atoms with Crippen LogP contribution in [0.3, 0.4) is 0 Å². The Morgan fingerprint density at radius 1 is 1.00 bits per heavy atom. The lowest BCUT2D eigenvalue weighted by Gasteiger charge is -2.15. The van der Waals surface area contributed by atoms with E-state index in [1.807, 2.05) is 32.0 Å². The molecular weight excluding hydrogens is 320 g/mol. The summed E-state index contributed by atoms with van der Waals surface area (Å²) in [4.78, 5) is 24.3. The van der Waals surface area contributed by atoms with E-state index in [2.05, 4.69) is 10.6 Å². The van der Waals surface area contributed by atoms with E-state index in [-0.39, 0.29) is 12.8 Å². The number of benzene rings is 2. The first-order valence-electron chi connectivity index (χ1n) is 8.02. The van der Waals surface area contributed by atoms with Gasteiger partial charge in [-0.1, -0.05) is 23.8 Å². The molecule has 0 fully saturated rings. The van der Waals surface area contributed by atoms with E-state index in [1.165, 1.54) is 0 Å². The standard InChI is InChI=1S/C19H20N2O4/c1-11-4-6-15(12(2)8-11)21-19(23)18(22)20-13(3)14-5-7-16-17(9-14)25-10-24-16/h4-9,13H,10H2,1-3H3,(H,20,22)(H,21,23). The van der Waals surface area contributed by atoms with Crippen molar-refractivity contribution in [2.45, 2.75) is 26.8 Å². The maximum Gasteiger partial charge on any atom is 0.313 e. The van der Waals surface area contributed by atoms with Crippen LogP contribution in [-0.2, 0) is 9.59 Å². The number of carbonyl (C=O) groups excluding carboxylic acids is 2. The van der Waals surface area contributed by atoms with Gasteiger partial charge in [0, 0.05) is 5.69 Å². The molecule has 0 saturated carbocycles. The smallest absolute Gasteiger partial charge is 0.313 e.